The van der Waals surface area contributed by atoms with Gasteiger partial charge in [-0.2, -0.15) is 18.1 Å². The standard InChI is InChI=1S/C22H22F2N6O2/c23-21(24)18(11-25)13-30-22(32)29(27-28-30)12-16-3-1-2-14(9-16)8-15-4-6-19-17(10-15)5-7-20(31)26-19/h1-4,6,9-10H,5,7-8,11-13,25H2,(H,26,31). The Morgan fingerprint density at radius 1 is 1.00 bits per heavy atom. The number of nitrogens with zero attached hydrogens (tertiary/aromatic N) is 4. The predicted molar refractivity (Wildman–Crippen MR) is 114 cm³/mol. The molecule has 0 radical (unpaired) electrons. The second-order valence-electron chi connectivity index (χ2n) is 7.68. The largest absolute Gasteiger partial charge is 0.364 e. The number of tetrazole rings is 1. The molecule has 1 aromatic heterocycles. The Balaban J connectivity index is 1.48. The summed E-state index contributed by atoms with van der Waals surface area (Å²) in [5, 5.41) is 10.4. The molecule has 0 saturated carbocycles. The number of hydrogen-bond acceptors (Lipinski definition) is 5. The Labute approximate surface area is 182 Å². The fourth-order valence-corrected chi connectivity index (χ4v) is 3.68. The topological polar surface area (TPSA) is 108 Å². The summed E-state index contributed by atoms with van der Waals surface area (Å²) in [6, 6.07) is 13.7. The molecule has 3 aromatic rings. The number of halogens is 2. The quantitative estimate of drug-likeness (QED) is 0.585. The first-order valence-electron chi connectivity index (χ1n) is 10.2. The number of anilines is 1. The fourth-order valence-electron chi connectivity index (χ4n) is 3.68. The molecule has 2 heterocycles. The molecule has 0 saturated heterocycles. The Bertz CT molecular complexity index is 1240. The number of aromatic nitrogens is 4. The Hall–Kier alpha value is -3.66. The number of nitrogens with two attached hydrogens (primary N) is 1. The maximum atomic E-state index is 12.8. The van der Waals surface area contributed by atoms with E-state index in [0.717, 1.165) is 43.7 Å². The van der Waals surface area contributed by atoms with Crippen LogP contribution in [0.25, 0.3) is 0 Å². The first kappa shape index (κ1) is 21.6. The van der Waals surface area contributed by atoms with Crippen molar-refractivity contribution in [1.82, 2.24) is 19.8 Å². The highest BCUT2D eigenvalue weighted by Crippen LogP contribution is 2.25. The van der Waals surface area contributed by atoms with Gasteiger partial charge < -0.3 is 11.1 Å². The average Bonchev–Trinajstić information content (AvgIpc) is 3.11. The van der Waals surface area contributed by atoms with Crippen molar-refractivity contribution >= 4 is 11.6 Å². The van der Waals surface area contributed by atoms with Gasteiger partial charge in [-0.25, -0.2) is 4.79 Å². The molecule has 4 rings (SSSR count). The van der Waals surface area contributed by atoms with Crippen LogP contribution in [0.4, 0.5) is 14.5 Å². The van der Waals surface area contributed by atoms with Crippen molar-refractivity contribution in [3.05, 3.63) is 86.9 Å². The van der Waals surface area contributed by atoms with Crippen molar-refractivity contribution in [2.24, 2.45) is 5.73 Å². The van der Waals surface area contributed by atoms with Gasteiger partial charge >= 0.3 is 5.69 Å². The van der Waals surface area contributed by atoms with Gasteiger partial charge in [0.2, 0.25) is 5.91 Å². The van der Waals surface area contributed by atoms with E-state index in [9.17, 15) is 18.4 Å². The lowest BCUT2D eigenvalue weighted by atomic mass is 9.96. The van der Waals surface area contributed by atoms with Gasteiger partial charge in [0.15, 0.2) is 0 Å². The van der Waals surface area contributed by atoms with Gasteiger partial charge in [0.25, 0.3) is 6.08 Å². The molecule has 0 atom stereocenters. The van der Waals surface area contributed by atoms with Crippen molar-refractivity contribution < 1.29 is 13.6 Å². The summed E-state index contributed by atoms with van der Waals surface area (Å²) in [5.41, 5.74) is 9.36. The predicted octanol–water partition coefficient (Wildman–Crippen LogP) is 2.07. The Kier molecular flexibility index (Phi) is 6.22. The maximum absolute atomic E-state index is 12.8. The SMILES string of the molecule is NCC(Cn1nnn(Cc2cccc(Cc3ccc4c(c3)CCC(=O)N4)c2)c1=O)=C(F)F. The molecule has 0 aliphatic carbocycles. The third-order valence-corrected chi connectivity index (χ3v) is 5.35. The van der Waals surface area contributed by atoms with E-state index >= 15 is 0 Å². The molecule has 0 unspecified atom stereocenters. The highest BCUT2D eigenvalue weighted by atomic mass is 19.3. The molecule has 0 fully saturated rings. The third-order valence-electron chi connectivity index (χ3n) is 5.35. The van der Waals surface area contributed by atoms with E-state index in [1.165, 1.54) is 0 Å². The number of rotatable bonds is 7. The molecule has 1 aliphatic heterocycles. The van der Waals surface area contributed by atoms with Gasteiger partial charge in [-0.1, -0.05) is 36.4 Å². The summed E-state index contributed by atoms with van der Waals surface area (Å²) in [6.07, 6.45) is -0.00816. The number of nitrogens with one attached hydrogen (secondary N) is 1. The smallest absolute Gasteiger partial charge is 0.327 e. The number of hydrogen-bond donors (Lipinski definition) is 2. The first-order valence-corrected chi connectivity index (χ1v) is 10.2. The lowest BCUT2D eigenvalue weighted by Crippen LogP contribution is -2.27. The number of amides is 1. The number of fused-ring (bicyclic) bond motifs is 1. The van der Waals surface area contributed by atoms with Gasteiger partial charge in [-0.3, -0.25) is 4.79 Å². The Morgan fingerprint density at radius 3 is 2.53 bits per heavy atom. The van der Waals surface area contributed by atoms with Gasteiger partial charge in [-0.05, 0) is 51.6 Å². The lowest BCUT2D eigenvalue weighted by Gasteiger charge is -2.17. The highest BCUT2D eigenvalue weighted by molar-refractivity contribution is 5.93. The highest BCUT2D eigenvalue weighted by Gasteiger charge is 2.15. The molecular formula is C22H22F2N6O2. The summed E-state index contributed by atoms with van der Waals surface area (Å²) in [7, 11) is 0. The van der Waals surface area contributed by atoms with E-state index in [1.807, 2.05) is 36.4 Å². The minimum Gasteiger partial charge on any atom is -0.327 e. The zero-order valence-electron chi connectivity index (χ0n) is 17.2. The van der Waals surface area contributed by atoms with Crippen LogP contribution in [0.1, 0.15) is 28.7 Å². The van der Waals surface area contributed by atoms with E-state index < -0.39 is 18.3 Å². The van der Waals surface area contributed by atoms with Crippen LogP contribution in [0.15, 0.2) is 58.9 Å². The average molecular weight is 440 g/mol. The molecule has 1 amide bonds. The van der Waals surface area contributed by atoms with Crippen LogP contribution in [-0.4, -0.2) is 32.2 Å². The van der Waals surface area contributed by atoms with Gasteiger partial charge in [0.05, 0.1) is 13.1 Å². The maximum Gasteiger partial charge on any atom is 0.364 e. The second kappa shape index (κ2) is 9.23. The van der Waals surface area contributed by atoms with Crippen molar-refractivity contribution in [1.29, 1.82) is 0 Å². The third kappa shape index (κ3) is 4.80. The minimum absolute atomic E-state index is 0.0372. The zero-order chi connectivity index (χ0) is 22.7. The van der Waals surface area contributed by atoms with Crippen molar-refractivity contribution in [3.8, 4) is 0 Å². The van der Waals surface area contributed by atoms with Crippen LogP contribution in [-0.2, 0) is 30.7 Å². The van der Waals surface area contributed by atoms with E-state index in [0.29, 0.717) is 12.8 Å². The molecule has 32 heavy (non-hydrogen) atoms. The molecule has 2 aromatic carbocycles. The van der Waals surface area contributed by atoms with Gasteiger partial charge in [-0.15, -0.1) is 0 Å². The number of carbonyl (C=O) groups excluding carboxylic acids is 1. The monoisotopic (exact) mass is 440 g/mol. The number of carbonyl (C=O) groups is 1. The van der Waals surface area contributed by atoms with E-state index in [1.54, 1.807) is 0 Å². The number of benzene rings is 2. The molecular weight excluding hydrogens is 418 g/mol. The minimum atomic E-state index is -1.91. The number of aryl methyl sites for hydroxylation is 1. The normalized spacial score (nSPS) is 12.9. The molecule has 166 valence electrons. The summed E-state index contributed by atoms with van der Waals surface area (Å²) < 4.78 is 27.6. The molecule has 10 heteroatoms. The summed E-state index contributed by atoms with van der Waals surface area (Å²) in [5.74, 6) is 0.0372. The van der Waals surface area contributed by atoms with Crippen molar-refractivity contribution in [2.45, 2.75) is 32.4 Å². The van der Waals surface area contributed by atoms with E-state index in [4.69, 9.17) is 5.73 Å². The summed E-state index contributed by atoms with van der Waals surface area (Å²) >= 11 is 0. The van der Waals surface area contributed by atoms with Crippen LogP contribution < -0.4 is 16.7 Å². The molecule has 0 spiro atoms. The van der Waals surface area contributed by atoms with Crippen LogP contribution >= 0.6 is 0 Å². The zero-order valence-corrected chi connectivity index (χ0v) is 17.2. The van der Waals surface area contributed by atoms with Crippen molar-refractivity contribution in [2.75, 3.05) is 11.9 Å². The second-order valence-corrected chi connectivity index (χ2v) is 7.68. The van der Waals surface area contributed by atoms with Crippen molar-refractivity contribution in [3.63, 3.8) is 0 Å². The lowest BCUT2D eigenvalue weighted by molar-refractivity contribution is -0.116. The van der Waals surface area contributed by atoms with Gasteiger partial charge in [0.1, 0.15) is 0 Å². The fraction of sp³-hybridized carbons (Fsp3) is 0.273. The van der Waals surface area contributed by atoms with Gasteiger partial charge in [0, 0.05) is 24.2 Å². The molecule has 3 N–H and O–H groups in total. The Morgan fingerprint density at radius 2 is 1.75 bits per heavy atom. The van der Waals surface area contributed by atoms with Crippen LogP contribution in [0.5, 0.6) is 0 Å². The van der Waals surface area contributed by atoms with Crippen LogP contribution in [0.3, 0.4) is 0 Å². The molecule has 1 aliphatic rings. The van der Waals surface area contributed by atoms with E-state index in [-0.39, 0.29) is 24.6 Å². The summed E-state index contributed by atoms with van der Waals surface area (Å²) in [6.45, 7) is -0.585. The van der Waals surface area contributed by atoms with Crippen LogP contribution in [0.2, 0.25) is 0 Å². The van der Waals surface area contributed by atoms with Crippen LogP contribution in [0, 0.1) is 0 Å². The first-order chi connectivity index (χ1) is 15.4. The summed E-state index contributed by atoms with van der Waals surface area (Å²) in [4.78, 5) is 24.0. The molecule has 8 nitrogen and oxygen atoms in total. The molecule has 0 bridgehead atoms. The van der Waals surface area contributed by atoms with E-state index in [2.05, 4.69) is 21.8 Å².